The van der Waals surface area contributed by atoms with Crippen LogP contribution in [0.4, 0.5) is 19.0 Å². The van der Waals surface area contributed by atoms with Crippen molar-refractivity contribution in [1.29, 1.82) is 0 Å². The number of nitrogens with zero attached hydrogens (tertiary/aromatic N) is 4. The third kappa shape index (κ3) is 3.82. The summed E-state index contributed by atoms with van der Waals surface area (Å²) in [6, 6.07) is 10.5. The Balaban J connectivity index is 1.43. The van der Waals surface area contributed by atoms with Gasteiger partial charge < -0.3 is 9.42 Å². The van der Waals surface area contributed by atoms with E-state index in [1.54, 1.807) is 0 Å². The van der Waals surface area contributed by atoms with Crippen molar-refractivity contribution in [3.8, 4) is 11.4 Å². The summed E-state index contributed by atoms with van der Waals surface area (Å²) in [5, 5.41) is 4.04. The van der Waals surface area contributed by atoms with E-state index < -0.39 is 11.7 Å². The Kier molecular flexibility index (Phi) is 4.97. The molecule has 1 aliphatic heterocycles. The second kappa shape index (κ2) is 7.43. The zero-order valence-electron chi connectivity index (χ0n) is 14.7. The number of piperidine rings is 1. The molecule has 0 aliphatic carbocycles. The number of halogens is 4. The van der Waals surface area contributed by atoms with Gasteiger partial charge in [-0.3, -0.25) is 0 Å². The Hall–Kier alpha value is -2.61. The first-order valence-electron chi connectivity index (χ1n) is 8.78. The number of aromatic nitrogens is 3. The first-order chi connectivity index (χ1) is 13.4. The lowest BCUT2D eigenvalue weighted by atomic mass is 9.96. The first kappa shape index (κ1) is 18.7. The third-order valence-electron chi connectivity index (χ3n) is 4.77. The van der Waals surface area contributed by atoms with Crippen molar-refractivity contribution in [2.24, 2.45) is 0 Å². The number of hydrogen-bond donors (Lipinski definition) is 0. The van der Waals surface area contributed by atoms with Crippen LogP contribution in [0.5, 0.6) is 0 Å². The van der Waals surface area contributed by atoms with Gasteiger partial charge in [-0.25, -0.2) is 4.98 Å². The van der Waals surface area contributed by atoms with Gasteiger partial charge in [0.05, 0.1) is 10.6 Å². The smallest absolute Gasteiger partial charge is 0.355 e. The minimum Gasteiger partial charge on any atom is -0.355 e. The maximum Gasteiger partial charge on any atom is 0.417 e. The summed E-state index contributed by atoms with van der Waals surface area (Å²) in [7, 11) is 0. The molecule has 0 N–H and O–H groups in total. The van der Waals surface area contributed by atoms with Crippen molar-refractivity contribution < 1.29 is 17.7 Å². The van der Waals surface area contributed by atoms with Crippen LogP contribution in [0.3, 0.4) is 0 Å². The van der Waals surface area contributed by atoms with Crippen LogP contribution in [0.2, 0.25) is 5.02 Å². The van der Waals surface area contributed by atoms with Gasteiger partial charge in [-0.2, -0.15) is 18.2 Å². The molecular formula is C19H16ClF3N4O. The van der Waals surface area contributed by atoms with Gasteiger partial charge in [-0.1, -0.05) is 47.1 Å². The topological polar surface area (TPSA) is 55.1 Å². The number of benzene rings is 1. The standard InChI is InChI=1S/C19H16ClF3N4O/c20-15-10-14(19(21,22)23)11-24-17(15)27-8-6-13(7-9-27)18-25-16(26-28-18)12-4-2-1-3-5-12/h1-5,10-11,13H,6-9H2. The summed E-state index contributed by atoms with van der Waals surface area (Å²) in [5.41, 5.74) is 0.0334. The fourth-order valence-electron chi connectivity index (χ4n) is 3.26. The Bertz CT molecular complexity index is 953. The average Bonchev–Trinajstić information content (AvgIpc) is 3.18. The minimum absolute atomic E-state index is 0.00238. The second-order valence-corrected chi connectivity index (χ2v) is 7.02. The summed E-state index contributed by atoms with van der Waals surface area (Å²) >= 11 is 6.05. The van der Waals surface area contributed by atoms with Gasteiger partial charge >= 0.3 is 6.18 Å². The number of pyridine rings is 1. The van der Waals surface area contributed by atoms with Crippen LogP contribution in [-0.2, 0) is 6.18 Å². The van der Waals surface area contributed by atoms with E-state index in [9.17, 15) is 13.2 Å². The molecule has 0 spiro atoms. The summed E-state index contributed by atoms with van der Waals surface area (Å²) in [4.78, 5) is 10.3. The summed E-state index contributed by atoms with van der Waals surface area (Å²) in [5.74, 6) is 1.58. The molecule has 0 unspecified atom stereocenters. The molecule has 4 rings (SSSR count). The van der Waals surface area contributed by atoms with Crippen molar-refractivity contribution in [3.63, 3.8) is 0 Å². The van der Waals surface area contributed by atoms with Crippen LogP contribution < -0.4 is 4.90 Å². The van der Waals surface area contributed by atoms with Gasteiger partial charge in [-0.05, 0) is 18.9 Å². The van der Waals surface area contributed by atoms with E-state index in [1.807, 2.05) is 35.2 Å². The van der Waals surface area contributed by atoms with E-state index in [0.717, 1.165) is 30.7 Å². The summed E-state index contributed by atoms with van der Waals surface area (Å²) in [6.07, 6.45) is -2.21. The van der Waals surface area contributed by atoms with E-state index in [0.29, 0.717) is 30.6 Å². The predicted octanol–water partition coefficient (Wildman–Crippen LogP) is 5.19. The van der Waals surface area contributed by atoms with Gasteiger partial charge in [0.15, 0.2) is 0 Å². The number of alkyl halides is 3. The molecule has 9 heteroatoms. The summed E-state index contributed by atoms with van der Waals surface area (Å²) < 4.78 is 43.7. The van der Waals surface area contributed by atoms with Crippen LogP contribution in [0.1, 0.15) is 30.2 Å². The van der Waals surface area contributed by atoms with Crippen molar-refractivity contribution in [2.45, 2.75) is 24.9 Å². The first-order valence-corrected chi connectivity index (χ1v) is 9.16. The molecule has 0 atom stereocenters. The average molecular weight is 409 g/mol. The lowest BCUT2D eigenvalue weighted by Gasteiger charge is -2.31. The SMILES string of the molecule is FC(F)(F)c1cnc(N2CCC(c3nc(-c4ccccc4)no3)CC2)c(Cl)c1. The molecular weight excluding hydrogens is 393 g/mol. The molecule has 1 aromatic carbocycles. The fraction of sp³-hybridized carbons (Fsp3) is 0.316. The Morgan fingerprint density at radius 3 is 2.46 bits per heavy atom. The fourth-order valence-corrected chi connectivity index (χ4v) is 3.55. The monoisotopic (exact) mass is 408 g/mol. The Morgan fingerprint density at radius 2 is 1.82 bits per heavy atom. The van der Waals surface area contributed by atoms with Crippen LogP contribution >= 0.6 is 11.6 Å². The maximum absolute atomic E-state index is 12.8. The van der Waals surface area contributed by atoms with Crippen molar-refractivity contribution in [3.05, 3.63) is 59.1 Å². The minimum atomic E-state index is -4.46. The van der Waals surface area contributed by atoms with Crippen molar-refractivity contribution >= 4 is 17.4 Å². The van der Waals surface area contributed by atoms with E-state index in [-0.39, 0.29) is 10.9 Å². The number of anilines is 1. The van der Waals surface area contributed by atoms with E-state index in [1.165, 1.54) is 0 Å². The molecule has 5 nitrogen and oxygen atoms in total. The number of rotatable bonds is 3. The van der Waals surface area contributed by atoms with Gasteiger partial charge in [0.25, 0.3) is 0 Å². The van der Waals surface area contributed by atoms with Gasteiger partial charge in [0, 0.05) is 30.8 Å². The van der Waals surface area contributed by atoms with Crippen LogP contribution in [-0.4, -0.2) is 28.2 Å². The maximum atomic E-state index is 12.8. The Morgan fingerprint density at radius 1 is 1.11 bits per heavy atom. The largest absolute Gasteiger partial charge is 0.417 e. The molecule has 0 radical (unpaired) electrons. The molecule has 3 aromatic rings. The van der Waals surface area contributed by atoms with Crippen LogP contribution in [0.15, 0.2) is 47.1 Å². The molecule has 28 heavy (non-hydrogen) atoms. The highest BCUT2D eigenvalue weighted by molar-refractivity contribution is 6.33. The molecule has 1 saturated heterocycles. The normalized spacial score (nSPS) is 15.8. The van der Waals surface area contributed by atoms with E-state index in [2.05, 4.69) is 15.1 Å². The lowest BCUT2D eigenvalue weighted by Crippen LogP contribution is -2.33. The van der Waals surface area contributed by atoms with Gasteiger partial charge in [0.1, 0.15) is 5.82 Å². The molecule has 0 saturated carbocycles. The van der Waals surface area contributed by atoms with E-state index in [4.69, 9.17) is 16.1 Å². The van der Waals surface area contributed by atoms with Gasteiger partial charge in [0.2, 0.25) is 11.7 Å². The lowest BCUT2D eigenvalue weighted by molar-refractivity contribution is -0.137. The molecule has 1 aliphatic rings. The predicted molar refractivity (Wildman–Crippen MR) is 98.2 cm³/mol. The van der Waals surface area contributed by atoms with Gasteiger partial charge in [-0.15, -0.1) is 0 Å². The molecule has 0 bridgehead atoms. The highest BCUT2D eigenvalue weighted by Crippen LogP contribution is 2.36. The second-order valence-electron chi connectivity index (χ2n) is 6.61. The Labute approximate surface area is 164 Å². The highest BCUT2D eigenvalue weighted by Gasteiger charge is 2.33. The molecule has 0 amide bonds. The zero-order valence-corrected chi connectivity index (χ0v) is 15.4. The molecule has 1 fully saturated rings. The number of hydrogen-bond acceptors (Lipinski definition) is 5. The molecule has 2 aromatic heterocycles. The quantitative estimate of drug-likeness (QED) is 0.597. The highest BCUT2D eigenvalue weighted by atomic mass is 35.5. The van der Waals surface area contributed by atoms with Crippen molar-refractivity contribution in [2.75, 3.05) is 18.0 Å². The summed E-state index contributed by atoms with van der Waals surface area (Å²) in [6.45, 7) is 1.18. The molecule has 3 heterocycles. The zero-order chi connectivity index (χ0) is 19.7. The van der Waals surface area contributed by atoms with Crippen LogP contribution in [0.25, 0.3) is 11.4 Å². The third-order valence-corrected chi connectivity index (χ3v) is 5.04. The van der Waals surface area contributed by atoms with Crippen molar-refractivity contribution in [1.82, 2.24) is 15.1 Å². The molecule has 146 valence electrons. The van der Waals surface area contributed by atoms with E-state index >= 15 is 0 Å². The van der Waals surface area contributed by atoms with Crippen LogP contribution in [0, 0.1) is 0 Å².